The van der Waals surface area contributed by atoms with Crippen LogP contribution < -0.4 is 10.6 Å². The Labute approximate surface area is 102 Å². The smallest absolute Gasteiger partial charge is 0.0705 e. The molecule has 0 fully saturated rings. The van der Waals surface area contributed by atoms with Gasteiger partial charge in [-0.1, -0.05) is 25.1 Å². The molecule has 0 spiro atoms. The first kappa shape index (κ1) is 12.0. The van der Waals surface area contributed by atoms with Gasteiger partial charge >= 0.3 is 0 Å². The molecule has 0 radical (unpaired) electrons. The van der Waals surface area contributed by atoms with Gasteiger partial charge in [0.2, 0.25) is 0 Å². The standard InChI is InChI=1S/C14H19N3/c1-2-15-9-10-16-11-12-5-3-7-14-13(12)6-4-8-17-14/h3-8,15-16H,2,9-11H2,1H3. The fraction of sp³-hybridized carbons (Fsp3) is 0.357. The van der Waals surface area contributed by atoms with Crippen molar-refractivity contribution in [3.63, 3.8) is 0 Å². The third kappa shape index (κ3) is 3.25. The van der Waals surface area contributed by atoms with Crippen molar-refractivity contribution < 1.29 is 0 Å². The molecule has 0 saturated carbocycles. The van der Waals surface area contributed by atoms with Gasteiger partial charge in [0.25, 0.3) is 0 Å². The van der Waals surface area contributed by atoms with Gasteiger partial charge in [-0.05, 0) is 24.2 Å². The number of pyridine rings is 1. The number of fused-ring (bicyclic) bond motifs is 1. The highest BCUT2D eigenvalue weighted by Gasteiger charge is 1.99. The van der Waals surface area contributed by atoms with E-state index in [1.807, 2.05) is 12.3 Å². The van der Waals surface area contributed by atoms with Gasteiger partial charge < -0.3 is 10.6 Å². The van der Waals surface area contributed by atoms with Crippen molar-refractivity contribution >= 4 is 10.9 Å². The van der Waals surface area contributed by atoms with Crippen molar-refractivity contribution in [2.24, 2.45) is 0 Å². The van der Waals surface area contributed by atoms with Crippen LogP contribution in [0.4, 0.5) is 0 Å². The van der Waals surface area contributed by atoms with E-state index in [9.17, 15) is 0 Å². The summed E-state index contributed by atoms with van der Waals surface area (Å²) in [5.41, 5.74) is 2.38. The molecule has 2 rings (SSSR count). The van der Waals surface area contributed by atoms with E-state index in [1.54, 1.807) is 0 Å². The number of aromatic nitrogens is 1. The third-order valence-corrected chi connectivity index (χ3v) is 2.78. The zero-order chi connectivity index (χ0) is 11.9. The molecule has 0 aliphatic carbocycles. The predicted octanol–water partition coefficient (Wildman–Crippen LogP) is 1.93. The summed E-state index contributed by atoms with van der Waals surface area (Å²) in [6, 6.07) is 10.4. The quantitative estimate of drug-likeness (QED) is 0.743. The molecule has 0 saturated heterocycles. The summed E-state index contributed by atoms with van der Waals surface area (Å²) < 4.78 is 0. The van der Waals surface area contributed by atoms with Crippen LogP contribution in [-0.2, 0) is 6.54 Å². The Morgan fingerprint density at radius 1 is 1.06 bits per heavy atom. The van der Waals surface area contributed by atoms with Crippen LogP contribution in [0, 0.1) is 0 Å². The van der Waals surface area contributed by atoms with E-state index in [1.165, 1.54) is 10.9 Å². The van der Waals surface area contributed by atoms with Gasteiger partial charge in [-0.15, -0.1) is 0 Å². The molecule has 2 N–H and O–H groups in total. The van der Waals surface area contributed by atoms with E-state index in [-0.39, 0.29) is 0 Å². The summed E-state index contributed by atoms with van der Waals surface area (Å²) in [6.07, 6.45) is 1.84. The molecule has 1 aromatic carbocycles. The first-order chi connectivity index (χ1) is 8.42. The Morgan fingerprint density at radius 2 is 1.94 bits per heavy atom. The summed E-state index contributed by atoms with van der Waals surface area (Å²) in [5, 5.41) is 7.98. The zero-order valence-corrected chi connectivity index (χ0v) is 10.2. The largest absolute Gasteiger partial charge is 0.316 e. The lowest BCUT2D eigenvalue weighted by atomic mass is 10.1. The van der Waals surface area contributed by atoms with E-state index in [4.69, 9.17) is 0 Å². The van der Waals surface area contributed by atoms with Crippen LogP contribution in [0.15, 0.2) is 36.5 Å². The highest BCUT2D eigenvalue weighted by atomic mass is 14.9. The minimum absolute atomic E-state index is 0.897. The zero-order valence-electron chi connectivity index (χ0n) is 10.2. The maximum Gasteiger partial charge on any atom is 0.0705 e. The molecule has 90 valence electrons. The number of rotatable bonds is 6. The summed E-state index contributed by atoms with van der Waals surface area (Å²) >= 11 is 0. The van der Waals surface area contributed by atoms with E-state index in [0.29, 0.717) is 0 Å². The highest BCUT2D eigenvalue weighted by Crippen LogP contribution is 2.15. The summed E-state index contributed by atoms with van der Waals surface area (Å²) in [6.45, 7) is 6.05. The molecule has 2 aromatic rings. The van der Waals surface area contributed by atoms with Gasteiger partial charge in [0, 0.05) is 31.2 Å². The molecule has 1 heterocycles. The third-order valence-electron chi connectivity index (χ3n) is 2.78. The second-order valence-electron chi connectivity index (χ2n) is 4.02. The van der Waals surface area contributed by atoms with Crippen molar-refractivity contribution in [2.45, 2.75) is 13.5 Å². The molecule has 17 heavy (non-hydrogen) atoms. The Balaban J connectivity index is 1.98. The minimum Gasteiger partial charge on any atom is -0.316 e. The normalized spacial score (nSPS) is 10.9. The Hall–Kier alpha value is -1.45. The number of benzene rings is 1. The van der Waals surface area contributed by atoms with Crippen LogP contribution in [0.3, 0.4) is 0 Å². The van der Waals surface area contributed by atoms with Crippen LogP contribution in [0.1, 0.15) is 12.5 Å². The fourth-order valence-electron chi connectivity index (χ4n) is 1.90. The van der Waals surface area contributed by atoms with E-state index in [0.717, 1.165) is 31.7 Å². The summed E-state index contributed by atoms with van der Waals surface area (Å²) in [5.74, 6) is 0. The molecule has 3 heteroatoms. The van der Waals surface area contributed by atoms with Crippen molar-refractivity contribution in [1.82, 2.24) is 15.6 Å². The van der Waals surface area contributed by atoms with Crippen LogP contribution >= 0.6 is 0 Å². The molecular formula is C14H19N3. The van der Waals surface area contributed by atoms with Crippen molar-refractivity contribution in [3.05, 3.63) is 42.1 Å². The number of nitrogens with one attached hydrogen (secondary N) is 2. The van der Waals surface area contributed by atoms with Crippen molar-refractivity contribution in [3.8, 4) is 0 Å². The fourth-order valence-corrected chi connectivity index (χ4v) is 1.90. The Morgan fingerprint density at radius 3 is 2.82 bits per heavy atom. The van der Waals surface area contributed by atoms with Gasteiger partial charge in [-0.25, -0.2) is 0 Å². The maximum absolute atomic E-state index is 4.36. The monoisotopic (exact) mass is 229 g/mol. The predicted molar refractivity (Wildman–Crippen MR) is 72.0 cm³/mol. The van der Waals surface area contributed by atoms with Gasteiger partial charge in [0.05, 0.1) is 5.52 Å². The molecule has 0 unspecified atom stereocenters. The lowest BCUT2D eigenvalue weighted by molar-refractivity contribution is 0.626. The average molecular weight is 229 g/mol. The molecule has 0 bridgehead atoms. The lowest BCUT2D eigenvalue weighted by Crippen LogP contribution is -2.26. The van der Waals surface area contributed by atoms with E-state index < -0.39 is 0 Å². The second-order valence-corrected chi connectivity index (χ2v) is 4.02. The van der Waals surface area contributed by atoms with E-state index in [2.05, 4.69) is 46.8 Å². The number of likely N-dealkylation sites (N-methyl/N-ethyl adjacent to an activating group) is 1. The molecule has 0 aliphatic heterocycles. The number of hydrogen-bond donors (Lipinski definition) is 2. The molecule has 0 amide bonds. The number of hydrogen-bond acceptors (Lipinski definition) is 3. The lowest BCUT2D eigenvalue weighted by Gasteiger charge is -2.08. The van der Waals surface area contributed by atoms with Crippen LogP contribution in [0.25, 0.3) is 10.9 Å². The minimum atomic E-state index is 0.897. The highest BCUT2D eigenvalue weighted by molar-refractivity contribution is 5.81. The summed E-state index contributed by atoms with van der Waals surface area (Å²) in [4.78, 5) is 4.36. The maximum atomic E-state index is 4.36. The Kier molecular flexibility index (Phi) is 4.47. The SMILES string of the molecule is CCNCCNCc1cccc2ncccc12. The van der Waals surface area contributed by atoms with Crippen molar-refractivity contribution in [2.75, 3.05) is 19.6 Å². The first-order valence-corrected chi connectivity index (χ1v) is 6.16. The molecule has 1 aromatic heterocycles. The summed E-state index contributed by atoms with van der Waals surface area (Å²) in [7, 11) is 0. The van der Waals surface area contributed by atoms with Gasteiger partial charge in [-0.3, -0.25) is 4.98 Å². The van der Waals surface area contributed by atoms with Crippen LogP contribution in [-0.4, -0.2) is 24.6 Å². The van der Waals surface area contributed by atoms with Gasteiger partial charge in [0.15, 0.2) is 0 Å². The number of nitrogens with zero attached hydrogens (tertiary/aromatic N) is 1. The van der Waals surface area contributed by atoms with Gasteiger partial charge in [0.1, 0.15) is 0 Å². The first-order valence-electron chi connectivity index (χ1n) is 6.16. The van der Waals surface area contributed by atoms with Crippen molar-refractivity contribution in [1.29, 1.82) is 0 Å². The van der Waals surface area contributed by atoms with Gasteiger partial charge in [-0.2, -0.15) is 0 Å². The topological polar surface area (TPSA) is 37.0 Å². The molecular weight excluding hydrogens is 210 g/mol. The molecule has 0 atom stereocenters. The van der Waals surface area contributed by atoms with Crippen LogP contribution in [0.5, 0.6) is 0 Å². The van der Waals surface area contributed by atoms with E-state index >= 15 is 0 Å². The molecule has 0 aliphatic rings. The second kappa shape index (κ2) is 6.33. The van der Waals surface area contributed by atoms with Crippen LogP contribution in [0.2, 0.25) is 0 Å². The Bertz CT molecular complexity index is 462. The average Bonchev–Trinajstić information content (AvgIpc) is 2.39. The molecule has 3 nitrogen and oxygen atoms in total.